The van der Waals surface area contributed by atoms with Crippen LogP contribution in [-0.2, 0) is 10.9 Å². The first-order valence-corrected chi connectivity index (χ1v) is 6.81. The Balaban J connectivity index is 2.88. The maximum absolute atomic E-state index is 11.2. The summed E-state index contributed by atoms with van der Waals surface area (Å²) in [5.74, 6) is -0.434. The molecule has 0 heterocycles. The SMILES string of the molecule is CCOC(=O)c1ccc(I(=O)=O)cc1. The summed E-state index contributed by atoms with van der Waals surface area (Å²) in [6.07, 6.45) is 0. The van der Waals surface area contributed by atoms with Gasteiger partial charge >= 0.3 is 25.8 Å². The van der Waals surface area contributed by atoms with Crippen molar-refractivity contribution in [3.05, 3.63) is 33.4 Å². The summed E-state index contributed by atoms with van der Waals surface area (Å²) in [6.45, 7) is 2.02. The van der Waals surface area contributed by atoms with E-state index in [0.29, 0.717) is 12.2 Å². The minimum Gasteiger partial charge on any atom is -0.462 e. The molecule has 0 bridgehead atoms. The van der Waals surface area contributed by atoms with Gasteiger partial charge in [0.1, 0.15) is 0 Å². The smallest absolute Gasteiger partial charge is 0.340 e. The van der Waals surface area contributed by atoms with Crippen LogP contribution in [0.5, 0.6) is 0 Å². The van der Waals surface area contributed by atoms with E-state index < -0.39 is 25.8 Å². The van der Waals surface area contributed by atoms with Crippen molar-refractivity contribution in [2.75, 3.05) is 6.61 Å². The van der Waals surface area contributed by atoms with Crippen molar-refractivity contribution in [1.29, 1.82) is 0 Å². The second-order valence-corrected chi connectivity index (χ2v) is 4.93. The van der Waals surface area contributed by atoms with E-state index >= 15 is 0 Å². The van der Waals surface area contributed by atoms with Gasteiger partial charge in [-0.2, -0.15) is 0 Å². The van der Waals surface area contributed by atoms with Crippen LogP contribution in [0, 0.1) is 3.57 Å². The number of halogens is 1. The third kappa shape index (κ3) is 2.76. The lowest BCUT2D eigenvalue weighted by atomic mass is 10.2. The van der Waals surface area contributed by atoms with Crippen molar-refractivity contribution < 1.29 is 15.7 Å². The Kier molecular flexibility index (Phi) is 3.99. The van der Waals surface area contributed by atoms with Gasteiger partial charge in [0.25, 0.3) is 0 Å². The van der Waals surface area contributed by atoms with E-state index in [9.17, 15) is 10.9 Å². The van der Waals surface area contributed by atoms with Crippen LogP contribution < -0.4 is 0 Å². The zero-order valence-electron chi connectivity index (χ0n) is 7.53. The monoisotopic (exact) mass is 308 g/mol. The Labute approximate surface area is 88.4 Å². The number of hydrogen-bond acceptors (Lipinski definition) is 4. The Bertz CT molecular complexity index is 384. The zero-order chi connectivity index (χ0) is 10.6. The van der Waals surface area contributed by atoms with Gasteiger partial charge in [-0.05, 0) is 31.2 Å². The molecular formula is C9H9IO4. The van der Waals surface area contributed by atoms with Gasteiger partial charge < -0.3 is 4.74 Å². The van der Waals surface area contributed by atoms with E-state index in [1.165, 1.54) is 24.3 Å². The molecule has 0 aromatic heterocycles. The third-order valence-corrected chi connectivity index (χ3v) is 3.27. The highest BCUT2D eigenvalue weighted by atomic mass is 127. The lowest BCUT2D eigenvalue weighted by molar-refractivity contribution is 0.0526. The lowest BCUT2D eigenvalue weighted by Gasteiger charge is -2.00. The Morgan fingerprint density at radius 2 is 1.86 bits per heavy atom. The highest BCUT2D eigenvalue weighted by molar-refractivity contribution is 14.2. The van der Waals surface area contributed by atoms with E-state index in [1.54, 1.807) is 6.92 Å². The van der Waals surface area contributed by atoms with E-state index in [-0.39, 0.29) is 3.57 Å². The average molecular weight is 308 g/mol. The molecule has 5 heteroatoms. The van der Waals surface area contributed by atoms with Crippen LogP contribution in [0.2, 0.25) is 0 Å². The molecule has 4 nitrogen and oxygen atoms in total. The second kappa shape index (κ2) is 5.04. The second-order valence-electron chi connectivity index (χ2n) is 2.44. The number of rotatable bonds is 3. The lowest BCUT2D eigenvalue weighted by Crippen LogP contribution is -2.04. The fourth-order valence-corrected chi connectivity index (χ4v) is 1.85. The minimum atomic E-state index is -3.41. The predicted molar refractivity (Wildman–Crippen MR) is 56.5 cm³/mol. The summed E-state index contributed by atoms with van der Waals surface area (Å²) in [4.78, 5) is 11.2. The van der Waals surface area contributed by atoms with Gasteiger partial charge in [-0.1, -0.05) is 0 Å². The van der Waals surface area contributed by atoms with Crippen LogP contribution in [-0.4, -0.2) is 12.6 Å². The topological polar surface area (TPSA) is 60.4 Å². The quantitative estimate of drug-likeness (QED) is 0.634. The Morgan fingerprint density at radius 1 is 1.29 bits per heavy atom. The van der Waals surface area contributed by atoms with Gasteiger partial charge in [0.15, 0.2) is 0 Å². The van der Waals surface area contributed by atoms with Gasteiger partial charge in [-0.25, -0.2) is 10.9 Å². The Hall–Kier alpha value is -0.980. The standard InChI is InChI=1S/C9H9IO4/c1-2-14-9(11)7-3-5-8(6-4-7)10(12)13/h3-6H,2H2,1H3. The molecule has 0 atom stereocenters. The van der Waals surface area contributed by atoms with E-state index in [2.05, 4.69) is 0 Å². The number of benzene rings is 1. The van der Waals surface area contributed by atoms with Crippen molar-refractivity contribution >= 4 is 25.8 Å². The molecule has 0 aliphatic rings. The molecule has 0 aliphatic carbocycles. The Morgan fingerprint density at radius 3 is 2.29 bits per heavy atom. The first kappa shape index (κ1) is 11.1. The molecule has 0 N–H and O–H groups in total. The van der Waals surface area contributed by atoms with E-state index in [4.69, 9.17) is 4.74 Å². The van der Waals surface area contributed by atoms with E-state index in [1.807, 2.05) is 0 Å². The van der Waals surface area contributed by atoms with Crippen LogP contribution in [0.15, 0.2) is 24.3 Å². The summed E-state index contributed by atoms with van der Waals surface area (Å²) < 4.78 is 26.3. The van der Waals surface area contributed by atoms with Crippen molar-refractivity contribution in [3.63, 3.8) is 0 Å². The molecule has 0 amide bonds. The van der Waals surface area contributed by atoms with Crippen LogP contribution in [0.3, 0.4) is 0 Å². The molecule has 0 saturated heterocycles. The van der Waals surface area contributed by atoms with Crippen molar-refractivity contribution in [2.45, 2.75) is 6.92 Å². The predicted octanol–water partition coefficient (Wildman–Crippen LogP) is 2.23. The average Bonchev–Trinajstić information content (AvgIpc) is 2.18. The molecule has 0 aliphatic heterocycles. The largest absolute Gasteiger partial charge is 0.462 e. The minimum absolute atomic E-state index is 0.280. The van der Waals surface area contributed by atoms with Gasteiger partial charge in [-0.15, -0.1) is 0 Å². The van der Waals surface area contributed by atoms with Gasteiger partial charge in [-0.3, -0.25) is 0 Å². The van der Waals surface area contributed by atoms with Crippen molar-refractivity contribution in [2.24, 2.45) is 0 Å². The summed E-state index contributed by atoms with van der Waals surface area (Å²) >= 11 is -3.41. The number of carbonyl (C=O) groups is 1. The number of ether oxygens (including phenoxy) is 1. The fourth-order valence-electron chi connectivity index (χ4n) is 0.903. The summed E-state index contributed by atoms with van der Waals surface area (Å²) in [6, 6.07) is 5.73. The maximum Gasteiger partial charge on any atom is 0.340 e. The third-order valence-electron chi connectivity index (χ3n) is 1.53. The van der Waals surface area contributed by atoms with Crippen LogP contribution in [0.25, 0.3) is 0 Å². The maximum atomic E-state index is 11.2. The number of carbonyl (C=O) groups excluding carboxylic acids is 1. The van der Waals surface area contributed by atoms with Gasteiger partial charge in [0.2, 0.25) is 0 Å². The fraction of sp³-hybridized carbons (Fsp3) is 0.222. The highest BCUT2D eigenvalue weighted by Gasteiger charge is 2.06. The van der Waals surface area contributed by atoms with Crippen LogP contribution >= 0.6 is 19.8 Å². The molecule has 1 aromatic carbocycles. The molecule has 0 fully saturated rings. The zero-order valence-corrected chi connectivity index (χ0v) is 9.68. The van der Waals surface area contributed by atoms with E-state index in [0.717, 1.165) is 0 Å². The molecule has 14 heavy (non-hydrogen) atoms. The molecule has 0 spiro atoms. The first-order valence-electron chi connectivity index (χ1n) is 3.97. The normalized spacial score (nSPS) is 10.1. The molecule has 1 rings (SSSR count). The first-order chi connectivity index (χ1) is 6.65. The molecule has 76 valence electrons. The molecule has 0 unspecified atom stereocenters. The number of esters is 1. The van der Waals surface area contributed by atoms with Crippen LogP contribution in [0.4, 0.5) is 0 Å². The summed E-state index contributed by atoms with van der Waals surface area (Å²) in [7, 11) is 0. The van der Waals surface area contributed by atoms with Crippen molar-refractivity contribution in [3.8, 4) is 0 Å². The summed E-state index contributed by atoms with van der Waals surface area (Å²) in [5.41, 5.74) is 0.369. The molecule has 0 radical (unpaired) electrons. The van der Waals surface area contributed by atoms with Gasteiger partial charge in [0.05, 0.1) is 15.7 Å². The molecular weight excluding hydrogens is 299 g/mol. The molecule has 1 aromatic rings. The molecule has 0 saturated carbocycles. The van der Waals surface area contributed by atoms with Crippen LogP contribution in [0.1, 0.15) is 17.3 Å². The van der Waals surface area contributed by atoms with Gasteiger partial charge in [0, 0.05) is 0 Å². The number of hydrogen-bond donors (Lipinski definition) is 0. The van der Waals surface area contributed by atoms with Crippen molar-refractivity contribution in [1.82, 2.24) is 0 Å². The highest BCUT2D eigenvalue weighted by Crippen LogP contribution is 2.17. The summed E-state index contributed by atoms with van der Waals surface area (Å²) in [5, 5.41) is 0.